The van der Waals surface area contributed by atoms with E-state index in [9.17, 15) is 9.59 Å². The Hall–Kier alpha value is -3.02. The van der Waals surface area contributed by atoms with E-state index in [-0.39, 0.29) is 24.3 Å². The van der Waals surface area contributed by atoms with Crippen LogP contribution in [0.2, 0.25) is 0 Å². The van der Waals surface area contributed by atoms with Crippen LogP contribution in [0.25, 0.3) is 0 Å². The molecule has 0 saturated carbocycles. The van der Waals surface area contributed by atoms with Crippen molar-refractivity contribution in [2.45, 2.75) is 32.8 Å². The van der Waals surface area contributed by atoms with Crippen LogP contribution in [0, 0.1) is 5.92 Å². The van der Waals surface area contributed by atoms with E-state index >= 15 is 0 Å². The molecule has 2 amide bonds. The monoisotopic (exact) mass is 380 g/mol. The minimum absolute atomic E-state index is 0.0722. The van der Waals surface area contributed by atoms with Crippen molar-refractivity contribution in [1.29, 1.82) is 0 Å². The minimum atomic E-state index is -0.723. The molecule has 28 heavy (non-hydrogen) atoms. The van der Waals surface area contributed by atoms with E-state index in [1.807, 2.05) is 55.1 Å². The van der Waals surface area contributed by atoms with Crippen LogP contribution < -0.4 is 19.7 Å². The molecule has 0 bridgehead atoms. The number of carbonyl (C=O) groups is 2. The van der Waals surface area contributed by atoms with Crippen molar-refractivity contribution in [3.63, 3.8) is 0 Å². The van der Waals surface area contributed by atoms with Crippen molar-refractivity contribution in [2.24, 2.45) is 5.92 Å². The Morgan fingerprint density at radius 2 is 1.93 bits per heavy atom. The van der Waals surface area contributed by atoms with Crippen LogP contribution in [0.1, 0.15) is 25.8 Å². The van der Waals surface area contributed by atoms with Gasteiger partial charge in [-0.1, -0.05) is 32.0 Å². The summed E-state index contributed by atoms with van der Waals surface area (Å²) in [5, 5.41) is 2.90. The number of amides is 2. The first-order chi connectivity index (χ1) is 13.5. The number of para-hydroxylation sites is 2. The van der Waals surface area contributed by atoms with E-state index in [0.717, 1.165) is 24.1 Å². The molecule has 4 rings (SSSR count). The van der Waals surface area contributed by atoms with Crippen molar-refractivity contribution < 1.29 is 19.1 Å². The first-order valence-corrected chi connectivity index (χ1v) is 9.66. The van der Waals surface area contributed by atoms with Gasteiger partial charge in [0, 0.05) is 23.8 Å². The average molecular weight is 380 g/mol. The Morgan fingerprint density at radius 1 is 1.14 bits per heavy atom. The summed E-state index contributed by atoms with van der Waals surface area (Å²) in [6.07, 6.45) is 1.16. The number of hydrogen-bond acceptors (Lipinski definition) is 4. The number of aryl methyl sites for hydroxylation is 1. The Kier molecular flexibility index (Phi) is 4.94. The Labute approximate surface area is 164 Å². The van der Waals surface area contributed by atoms with Crippen LogP contribution in [0.5, 0.6) is 11.5 Å². The molecule has 0 aromatic heterocycles. The van der Waals surface area contributed by atoms with Gasteiger partial charge >= 0.3 is 0 Å². The molecule has 6 nitrogen and oxygen atoms in total. The third-order valence-corrected chi connectivity index (χ3v) is 5.03. The second-order valence-corrected chi connectivity index (χ2v) is 7.45. The number of carbonyl (C=O) groups excluding carboxylic acids is 2. The van der Waals surface area contributed by atoms with E-state index in [2.05, 4.69) is 5.32 Å². The lowest BCUT2D eigenvalue weighted by atomic mass is 9.99. The molecular formula is C22H24N2O4. The van der Waals surface area contributed by atoms with E-state index in [1.165, 1.54) is 0 Å². The highest BCUT2D eigenvalue weighted by atomic mass is 16.6. The topological polar surface area (TPSA) is 67.9 Å². The summed E-state index contributed by atoms with van der Waals surface area (Å²) in [5.74, 6) is 0.963. The van der Waals surface area contributed by atoms with E-state index in [4.69, 9.17) is 9.47 Å². The zero-order chi connectivity index (χ0) is 19.7. The number of hydrogen-bond donors (Lipinski definition) is 1. The third-order valence-electron chi connectivity index (χ3n) is 5.03. The Morgan fingerprint density at radius 3 is 2.71 bits per heavy atom. The standard InChI is InChI=1S/C22H24N2O4/c1-14(2)22(26)24-11-5-6-15-9-10-16(12-17(15)24)23-21(25)20-13-27-18-7-3-4-8-19(18)28-20/h3-4,7-10,12,14,20H,5-6,11,13H2,1-2H3,(H,23,25). The zero-order valence-electron chi connectivity index (χ0n) is 16.1. The van der Waals surface area contributed by atoms with Crippen LogP contribution in [0.15, 0.2) is 42.5 Å². The maximum Gasteiger partial charge on any atom is 0.269 e. The first kappa shape index (κ1) is 18.3. The average Bonchev–Trinajstić information content (AvgIpc) is 2.72. The maximum atomic E-state index is 12.7. The zero-order valence-corrected chi connectivity index (χ0v) is 16.1. The molecule has 1 unspecified atom stereocenters. The molecule has 2 heterocycles. The number of nitrogens with one attached hydrogen (secondary N) is 1. The predicted molar refractivity (Wildman–Crippen MR) is 107 cm³/mol. The predicted octanol–water partition coefficient (Wildman–Crippen LogP) is 3.40. The van der Waals surface area contributed by atoms with Gasteiger partial charge in [0.25, 0.3) is 5.91 Å². The SMILES string of the molecule is CC(C)C(=O)N1CCCc2ccc(NC(=O)C3COc4ccccc4O3)cc21. The minimum Gasteiger partial charge on any atom is -0.485 e. The molecule has 0 spiro atoms. The molecule has 0 aliphatic carbocycles. The van der Waals surface area contributed by atoms with Crippen LogP contribution in [0.3, 0.4) is 0 Å². The van der Waals surface area contributed by atoms with E-state index < -0.39 is 6.10 Å². The van der Waals surface area contributed by atoms with Gasteiger partial charge in [-0.2, -0.15) is 0 Å². The molecule has 1 atom stereocenters. The van der Waals surface area contributed by atoms with Gasteiger partial charge in [-0.05, 0) is 42.7 Å². The molecule has 0 fully saturated rings. The molecule has 0 saturated heterocycles. The quantitative estimate of drug-likeness (QED) is 0.886. The van der Waals surface area contributed by atoms with Crippen molar-refractivity contribution in [3.8, 4) is 11.5 Å². The van der Waals surface area contributed by atoms with Gasteiger partial charge in [0.2, 0.25) is 12.0 Å². The van der Waals surface area contributed by atoms with Crippen molar-refractivity contribution >= 4 is 23.2 Å². The second kappa shape index (κ2) is 7.54. The fourth-order valence-electron chi connectivity index (χ4n) is 3.56. The highest BCUT2D eigenvalue weighted by Gasteiger charge is 2.28. The summed E-state index contributed by atoms with van der Waals surface area (Å²) in [4.78, 5) is 27.1. The fourth-order valence-corrected chi connectivity index (χ4v) is 3.56. The normalized spacial score (nSPS) is 17.8. The molecule has 2 aliphatic heterocycles. The number of benzene rings is 2. The van der Waals surface area contributed by atoms with Gasteiger partial charge in [-0.3, -0.25) is 9.59 Å². The van der Waals surface area contributed by atoms with Gasteiger partial charge in [0.15, 0.2) is 11.5 Å². The summed E-state index contributed by atoms with van der Waals surface area (Å²) >= 11 is 0. The summed E-state index contributed by atoms with van der Waals surface area (Å²) < 4.78 is 11.4. The molecule has 0 radical (unpaired) electrons. The number of rotatable bonds is 3. The number of nitrogens with zero attached hydrogens (tertiary/aromatic N) is 1. The van der Waals surface area contributed by atoms with Crippen molar-refractivity contribution in [1.82, 2.24) is 0 Å². The van der Waals surface area contributed by atoms with Crippen molar-refractivity contribution in [3.05, 3.63) is 48.0 Å². The summed E-state index contributed by atoms with van der Waals surface area (Å²) in [5.41, 5.74) is 2.66. The molecule has 1 N–H and O–H groups in total. The van der Waals surface area contributed by atoms with Gasteiger partial charge in [0.05, 0.1) is 0 Å². The smallest absolute Gasteiger partial charge is 0.269 e. The molecule has 146 valence electrons. The lowest BCUT2D eigenvalue weighted by Crippen LogP contribution is -2.40. The van der Waals surface area contributed by atoms with Crippen LogP contribution in [-0.4, -0.2) is 31.1 Å². The Bertz CT molecular complexity index is 909. The fraction of sp³-hybridized carbons (Fsp3) is 0.364. The van der Waals surface area contributed by atoms with Gasteiger partial charge < -0.3 is 19.7 Å². The highest BCUT2D eigenvalue weighted by Crippen LogP contribution is 2.33. The summed E-state index contributed by atoms with van der Waals surface area (Å²) in [6, 6.07) is 13.0. The molecule has 2 aromatic carbocycles. The van der Waals surface area contributed by atoms with Gasteiger partial charge in [-0.15, -0.1) is 0 Å². The highest BCUT2D eigenvalue weighted by molar-refractivity contribution is 5.98. The molecule has 6 heteroatoms. The van der Waals surface area contributed by atoms with E-state index in [1.54, 1.807) is 6.07 Å². The number of anilines is 2. The number of ether oxygens (including phenoxy) is 2. The summed E-state index contributed by atoms with van der Waals surface area (Å²) in [6.45, 7) is 4.67. The summed E-state index contributed by atoms with van der Waals surface area (Å²) in [7, 11) is 0. The van der Waals surface area contributed by atoms with Crippen LogP contribution in [-0.2, 0) is 16.0 Å². The largest absolute Gasteiger partial charge is 0.485 e. The second-order valence-electron chi connectivity index (χ2n) is 7.45. The lowest BCUT2D eigenvalue weighted by molar-refractivity contribution is -0.125. The molecular weight excluding hydrogens is 356 g/mol. The van der Waals surface area contributed by atoms with Crippen LogP contribution in [0.4, 0.5) is 11.4 Å². The third kappa shape index (κ3) is 3.54. The number of fused-ring (bicyclic) bond motifs is 2. The maximum absolute atomic E-state index is 12.7. The molecule has 2 aliphatic rings. The first-order valence-electron chi connectivity index (χ1n) is 9.66. The van der Waals surface area contributed by atoms with Gasteiger partial charge in [0.1, 0.15) is 6.61 Å². The van der Waals surface area contributed by atoms with Crippen molar-refractivity contribution in [2.75, 3.05) is 23.4 Å². The van der Waals surface area contributed by atoms with Crippen LogP contribution >= 0.6 is 0 Å². The Balaban J connectivity index is 1.51. The molecule has 2 aromatic rings. The lowest BCUT2D eigenvalue weighted by Gasteiger charge is -2.31. The van der Waals surface area contributed by atoms with E-state index in [0.29, 0.717) is 23.7 Å². The van der Waals surface area contributed by atoms with Gasteiger partial charge in [-0.25, -0.2) is 0 Å².